The van der Waals surface area contributed by atoms with Crippen LogP contribution in [0.5, 0.6) is 0 Å². The molecule has 2 heterocycles. The van der Waals surface area contributed by atoms with E-state index in [0.717, 1.165) is 0 Å². The number of aryl methyl sites for hydroxylation is 2. The molecule has 0 spiro atoms. The molecule has 0 fully saturated rings. The van der Waals surface area contributed by atoms with E-state index >= 15 is 0 Å². The van der Waals surface area contributed by atoms with Gasteiger partial charge in [-0.3, -0.25) is 0 Å². The van der Waals surface area contributed by atoms with Crippen LogP contribution in [0.4, 0.5) is 0 Å². The number of benzene rings is 4. The lowest BCUT2D eigenvalue weighted by molar-refractivity contribution is 0.575. The lowest BCUT2D eigenvalue weighted by Gasteiger charge is -2.03. The Hall–Kier alpha value is -2.84. The zero-order valence-electron chi connectivity index (χ0n) is 27.4. The minimum absolute atomic E-state index is 1.18. The average molecular weight is 604 g/mol. The molecule has 1 nitrogen and oxygen atoms in total. The van der Waals surface area contributed by atoms with Gasteiger partial charge in [-0.25, -0.2) is 0 Å². The monoisotopic (exact) mass is 603 g/mol. The summed E-state index contributed by atoms with van der Waals surface area (Å²) in [6.07, 6.45) is 24.4. The van der Waals surface area contributed by atoms with Crippen molar-refractivity contribution in [3.8, 4) is 0 Å². The van der Waals surface area contributed by atoms with E-state index in [9.17, 15) is 0 Å². The van der Waals surface area contributed by atoms with Crippen molar-refractivity contribution in [2.75, 3.05) is 0 Å². The maximum Gasteiger partial charge on any atom is 0.0545 e. The molecular formula is C42H53NS. The number of nitrogens with one attached hydrogen (secondary N) is 1. The van der Waals surface area contributed by atoms with Crippen LogP contribution in [-0.2, 0) is 12.8 Å². The van der Waals surface area contributed by atoms with E-state index in [1.54, 1.807) is 0 Å². The van der Waals surface area contributed by atoms with Crippen LogP contribution in [0.3, 0.4) is 0 Å². The Balaban J connectivity index is 1.15. The highest BCUT2D eigenvalue weighted by Gasteiger charge is 2.13. The molecule has 4 aromatic carbocycles. The zero-order chi connectivity index (χ0) is 30.1. The van der Waals surface area contributed by atoms with Crippen molar-refractivity contribution in [2.24, 2.45) is 0 Å². The number of hydrogen-bond donors (Lipinski definition) is 1. The molecule has 0 radical (unpaired) electrons. The summed E-state index contributed by atoms with van der Waals surface area (Å²) in [5.41, 5.74) is 5.54. The molecule has 0 amide bonds. The molecule has 0 atom stereocenters. The molecule has 0 aliphatic heterocycles. The zero-order valence-corrected chi connectivity index (χ0v) is 28.2. The van der Waals surface area contributed by atoms with Crippen LogP contribution in [0, 0.1) is 0 Å². The average Bonchev–Trinajstić information content (AvgIpc) is 3.61. The van der Waals surface area contributed by atoms with Crippen molar-refractivity contribution in [1.29, 1.82) is 0 Å². The van der Waals surface area contributed by atoms with E-state index in [0.29, 0.717) is 0 Å². The van der Waals surface area contributed by atoms with Gasteiger partial charge in [-0.15, -0.1) is 11.3 Å². The molecule has 0 aliphatic carbocycles. The summed E-state index contributed by atoms with van der Waals surface area (Å²) >= 11 is 1.98. The van der Waals surface area contributed by atoms with Crippen molar-refractivity contribution in [3.63, 3.8) is 0 Å². The molecule has 0 bridgehead atoms. The van der Waals surface area contributed by atoms with Gasteiger partial charge in [-0.05, 0) is 48.9 Å². The standard InChI is InChI=1S/C42H53NS/c1-3-5-7-9-11-13-15-17-19-31-21-23-33-35-25-28-38-36(41(35)43-39(33)29-31)26-27-37-34-24-22-32(30-40(34)44-42(37)38)20-18-16-14-12-10-8-6-4-2/h21-30,43H,3-20H2,1-2H3. The SMILES string of the molecule is CCCCCCCCCCc1ccc2c(c1)[nH]c1c2ccc2c1ccc1c3ccc(CCCCCCCCCC)cc3sc12. The second-order valence-electron chi connectivity index (χ2n) is 13.4. The number of aromatic nitrogens is 1. The molecule has 0 saturated heterocycles. The molecular weight excluding hydrogens is 551 g/mol. The summed E-state index contributed by atoms with van der Waals surface area (Å²) in [4.78, 5) is 3.85. The van der Waals surface area contributed by atoms with Gasteiger partial charge >= 0.3 is 0 Å². The first-order valence-corrected chi connectivity index (χ1v) is 18.9. The molecule has 0 aliphatic rings. The number of aromatic amines is 1. The van der Waals surface area contributed by atoms with E-state index in [4.69, 9.17) is 0 Å². The minimum Gasteiger partial charge on any atom is -0.354 e. The second kappa shape index (κ2) is 15.4. The van der Waals surface area contributed by atoms with Crippen LogP contribution < -0.4 is 0 Å². The third-order valence-corrected chi connectivity index (χ3v) is 11.2. The minimum atomic E-state index is 1.18. The summed E-state index contributed by atoms with van der Waals surface area (Å²) in [6, 6.07) is 23.8. The summed E-state index contributed by atoms with van der Waals surface area (Å²) in [6.45, 7) is 4.59. The quantitative estimate of drug-likeness (QED) is 0.0941. The van der Waals surface area contributed by atoms with E-state index in [-0.39, 0.29) is 0 Å². The van der Waals surface area contributed by atoms with E-state index < -0.39 is 0 Å². The van der Waals surface area contributed by atoms with E-state index in [1.165, 1.54) is 179 Å². The van der Waals surface area contributed by atoms with Crippen LogP contribution in [0.15, 0.2) is 60.7 Å². The van der Waals surface area contributed by atoms with Crippen molar-refractivity contribution >= 4 is 64.1 Å². The summed E-state index contributed by atoms with van der Waals surface area (Å²) < 4.78 is 2.87. The highest BCUT2D eigenvalue weighted by molar-refractivity contribution is 7.26. The molecule has 0 unspecified atom stereocenters. The fourth-order valence-corrected chi connectivity index (χ4v) is 8.64. The lowest BCUT2D eigenvalue weighted by Crippen LogP contribution is -1.86. The lowest BCUT2D eigenvalue weighted by atomic mass is 10.0. The van der Waals surface area contributed by atoms with Crippen LogP contribution >= 0.6 is 11.3 Å². The molecule has 2 heteroatoms. The largest absolute Gasteiger partial charge is 0.354 e. The first-order chi connectivity index (χ1) is 21.8. The summed E-state index contributed by atoms with van der Waals surface area (Å²) in [5.74, 6) is 0. The topological polar surface area (TPSA) is 15.8 Å². The number of thiophene rings is 1. The van der Waals surface area contributed by atoms with Gasteiger partial charge in [0.2, 0.25) is 0 Å². The first kappa shape index (κ1) is 31.2. The number of hydrogen-bond acceptors (Lipinski definition) is 1. The Morgan fingerprint density at radius 1 is 0.455 bits per heavy atom. The predicted molar refractivity (Wildman–Crippen MR) is 199 cm³/mol. The smallest absolute Gasteiger partial charge is 0.0545 e. The Morgan fingerprint density at radius 2 is 0.909 bits per heavy atom. The van der Waals surface area contributed by atoms with Gasteiger partial charge in [0, 0.05) is 47.2 Å². The first-order valence-electron chi connectivity index (χ1n) is 18.1. The molecule has 0 saturated carbocycles. The predicted octanol–water partition coefficient (Wildman–Crippen LogP) is 14.2. The van der Waals surface area contributed by atoms with E-state index in [1.807, 2.05) is 11.3 Å². The summed E-state index contributed by atoms with van der Waals surface area (Å²) in [7, 11) is 0. The van der Waals surface area contributed by atoms with Gasteiger partial charge in [-0.2, -0.15) is 0 Å². The van der Waals surface area contributed by atoms with Crippen molar-refractivity contribution in [1.82, 2.24) is 4.98 Å². The maximum absolute atomic E-state index is 3.85. The van der Waals surface area contributed by atoms with Crippen LogP contribution in [-0.4, -0.2) is 4.98 Å². The number of fused-ring (bicyclic) bond motifs is 9. The maximum atomic E-state index is 3.85. The highest BCUT2D eigenvalue weighted by Crippen LogP contribution is 2.41. The third kappa shape index (κ3) is 7.17. The van der Waals surface area contributed by atoms with Crippen molar-refractivity contribution in [2.45, 2.75) is 129 Å². The number of rotatable bonds is 18. The number of H-pyrrole nitrogens is 1. The summed E-state index contributed by atoms with van der Waals surface area (Å²) in [5, 5.41) is 8.24. The van der Waals surface area contributed by atoms with Gasteiger partial charge < -0.3 is 4.98 Å². The van der Waals surface area contributed by atoms with Gasteiger partial charge in [0.25, 0.3) is 0 Å². The second-order valence-corrected chi connectivity index (χ2v) is 14.5. The fraction of sp³-hybridized carbons (Fsp3) is 0.476. The Kier molecular flexibility index (Phi) is 10.9. The molecule has 2 aromatic heterocycles. The van der Waals surface area contributed by atoms with Gasteiger partial charge in [0.15, 0.2) is 0 Å². The Morgan fingerprint density at radius 3 is 1.52 bits per heavy atom. The van der Waals surface area contributed by atoms with Gasteiger partial charge in [0.1, 0.15) is 0 Å². The highest BCUT2D eigenvalue weighted by atomic mass is 32.1. The van der Waals surface area contributed by atoms with Crippen LogP contribution in [0.1, 0.15) is 128 Å². The molecule has 6 aromatic rings. The number of unbranched alkanes of at least 4 members (excludes halogenated alkanes) is 14. The van der Waals surface area contributed by atoms with Crippen molar-refractivity contribution in [3.05, 3.63) is 71.8 Å². The van der Waals surface area contributed by atoms with Gasteiger partial charge in [-0.1, -0.05) is 152 Å². The fourth-order valence-electron chi connectivity index (χ4n) is 7.34. The van der Waals surface area contributed by atoms with E-state index in [2.05, 4.69) is 79.5 Å². The third-order valence-electron chi connectivity index (χ3n) is 9.97. The van der Waals surface area contributed by atoms with Gasteiger partial charge in [0.05, 0.1) is 5.52 Å². The van der Waals surface area contributed by atoms with Crippen LogP contribution in [0.2, 0.25) is 0 Å². The van der Waals surface area contributed by atoms with Crippen molar-refractivity contribution < 1.29 is 0 Å². The van der Waals surface area contributed by atoms with Crippen LogP contribution in [0.25, 0.3) is 52.8 Å². The Labute approximate surface area is 269 Å². The molecule has 6 rings (SSSR count). The normalized spacial score (nSPS) is 12.1. The molecule has 232 valence electrons. The molecule has 1 N–H and O–H groups in total. The Bertz CT molecular complexity index is 1670. The molecule has 44 heavy (non-hydrogen) atoms.